The number of nitrogens with zero attached hydrogens (tertiary/aromatic N) is 3. The summed E-state index contributed by atoms with van der Waals surface area (Å²) in [5.74, 6) is 0.0882. The fourth-order valence-corrected chi connectivity index (χ4v) is 2.91. The first kappa shape index (κ1) is 14.5. The van der Waals surface area contributed by atoms with Crippen molar-refractivity contribution in [2.75, 3.05) is 7.05 Å². The minimum atomic E-state index is -0.190. The molecule has 6 heteroatoms. The van der Waals surface area contributed by atoms with E-state index in [9.17, 15) is 4.79 Å². The normalized spacial score (nSPS) is 10.6. The number of aryl methyl sites for hydroxylation is 1. The van der Waals surface area contributed by atoms with Gasteiger partial charge in [0.2, 0.25) is 5.76 Å². The average Bonchev–Trinajstić information content (AvgIpc) is 3.16. The summed E-state index contributed by atoms with van der Waals surface area (Å²) in [5, 5.41) is 2.92. The predicted molar refractivity (Wildman–Crippen MR) is 84.6 cm³/mol. The summed E-state index contributed by atoms with van der Waals surface area (Å²) in [5.41, 5.74) is 2.54. The maximum Gasteiger partial charge on any atom is 0.291 e. The van der Waals surface area contributed by atoms with Crippen LogP contribution in [0.2, 0.25) is 0 Å². The third-order valence-electron chi connectivity index (χ3n) is 3.26. The zero-order valence-electron chi connectivity index (χ0n) is 12.3. The van der Waals surface area contributed by atoms with E-state index in [0.717, 1.165) is 16.3 Å². The number of amides is 1. The molecule has 0 aliphatic heterocycles. The van der Waals surface area contributed by atoms with Crippen molar-refractivity contribution in [1.82, 2.24) is 14.9 Å². The molecule has 0 spiro atoms. The second-order valence-corrected chi connectivity index (χ2v) is 5.80. The van der Waals surface area contributed by atoms with Crippen LogP contribution in [0.1, 0.15) is 21.9 Å². The van der Waals surface area contributed by atoms with Gasteiger partial charge in [-0.25, -0.2) is 9.97 Å². The monoisotopic (exact) mass is 313 g/mol. The Morgan fingerprint density at radius 1 is 1.32 bits per heavy atom. The van der Waals surface area contributed by atoms with Gasteiger partial charge in [0.15, 0.2) is 6.39 Å². The second-order valence-electron chi connectivity index (χ2n) is 4.94. The Morgan fingerprint density at radius 3 is 2.77 bits per heavy atom. The quantitative estimate of drug-likeness (QED) is 0.741. The molecule has 0 N–H and O–H groups in total. The van der Waals surface area contributed by atoms with Crippen LogP contribution >= 0.6 is 11.3 Å². The van der Waals surface area contributed by atoms with Crippen LogP contribution < -0.4 is 0 Å². The van der Waals surface area contributed by atoms with Crippen molar-refractivity contribution in [1.29, 1.82) is 0 Å². The molecule has 2 aromatic heterocycles. The maximum atomic E-state index is 12.3. The van der Waals surface area contributed by atoms with Gasteiger partial charge in [0.25, 0.3) is 5.91 Å². The molecule has 0 bridgehead atoms. The summed E-state index contributed by atoms with van der Waals surface area (Å²) in [7, 11) is 1.73. The Hall–Kier alpha value is -2.47. The fourth-order valence-electron chi connectivity index (χ4n) is 2.09. The van der Waals surface area contributed by atoms with Gasteiger partial charge < -0.3 is 9.32 Å². The van der Waals surface area contributed by atoms with Gasteiger partial charge in [0.05, 0.1) is 17.9 Å². The molecule has 2 heterocycles. The molecule has 1 aromatic carbocycles. The molecule has 112 valence electrons. The molecule has 0 aliphatic rings. The summed E-state index contributed by atoms with van der Waals surface area (Å²) < 4.78 is 5.14. The average molecular weight is 313 g/mol. The summed E-state index contributed by atoms with van der Waals surface area (Å²) >= 11 is 1.57. The molecule has 22 heavy (non-hydrogen) atoms. The predicted octanol–water partition coefficient (Wildman–Crippen LogP) is 3.38. The Bertz CT molecular complexity index is 780. The SMILES string of the molecule is Cc1ncoc1C(=O)N(C)Cc1csc(-c2ccccc2)n1. The van der Waals surface area contributed by atoms with Crippen LogP contribution in [0.5, 0.6) is 0 Å². The molecule has 0 fully saturated rings. The number of carbonyl (C=O) groups excluding carboxylic acids is 1. The Balaban J connectivity index is 1.73. The van der Waals surface area contributed by atoms with E-state index in [1.165, 1.54) is 6.39 Å². The molecular weight excluding hydrogens is 298 g/mol. The first-order chi connectivity index (χ1) is 10.6. The number of benzene rings is 1. The number of hydrogen-bond donors (Lipinski definition) is 0. The standard InChI is InChI=1S/C16H15N3O2S/c1-11-14(21-10-17-11)16(20)19(2)8-13-9-22-15(18-13)12-6-4-3-5-7-12/h3-7,9-10H,8H2,1-2H3. The largest absolute Gasteiger partial charge is 0.438 e. The van der Waals surface area contributed by atoms with E-state index < -0.39 is 0 Å². The molecule has 0 unspecified atom stereocenters. The van der Waals surface area contributed by atoms with Crippen molar-refractivity contribution in [3.63, 3.8) is 0 Å². The summed E-state index contributed by atoms with van der Waals surface area (Å²) in [6.45, 7) is 2.18. The minimum absolute atomic E-state index is 0.190. The minimum Gasteiger partial charge on any atom is -0.438 e. The van der Waals surface area contributed by atoms with Crippen LogP contribution in [0.15, 0.2) is 46.5 Å². The lowest BCUT2D eigenvalue weighted by molar-refractivity contribution is 0.0751. The van der Waals surface area contributed by atoms with E-state index in [1.807, 2.05) is 35.7 Å². The van der Waals surface area contributed by atoms with E-state index in [0.29, 0.717) is 12.2 Å². The zero-order chi connectivity index (χ0) is 15.5. The van der Waals surface area contributed by atoms with Crippen LogP contribution in [0.4, 0.5) is 0 Å². The Morgan fingerprint density at radius 2 is 2.09 bits per heavy atom. The lowest BCUT2D eigenvalue weighted by atomic mass is 10.2. The lowest BCUT2D eigenvalue weighted by Crippen LogP contribution is -2.26. The zero-order valence-corrected chi connectivity index (χ0v) is 13.1. The van der Waals surface area contributed by atoms with Crippen LogP contribution in [0.25, 0.3) is 10.6 Å². The van der Waals surface area contributed by atoms with E-state index in [4.69, 9.17) is 4.42 Å². The van der Waals surface area contributed by atoms with Crippen molar-refractivity contribution >= 4 is 17.2 Å². The van der Waals surface area contributed by atoms with Gasteiger partial charge >= 0.3 is 0 Å². The number of aromatic nitrogens is 2. The Kier molecular flexibility index (Phi) is 4.02. The number of carbonyl (C=O) groups is 1. The number of rotatable bonds is 4. The van der Waals surface area contributed by atoms with Crippen molar-refractivity contribution in [2.24, 2.45) is 0 Å². The molecule has 3 aromatic rings. The van der Waals surface area contributed by atoms with Gasteiger partial charge in [0.1, 0.15) is 5.01 Å². The second kappa shape index (κ2) is 6.11. The number of hydrogen-bond acceptors (Lipinski definition) is 5. The molecule has 0 saturated heterocycles. The summed E-state index contributed by atoms with van der Waals surface area (Å²) in [6.07, 6.45) is 1.28. The highest BCUT2D eigenvalue weighted by Crippen LogP contribution is 2.24. The topological polar surface area (TPSA) is 59.2 Å². The van der Waals surface area contributed by atoms with E-state index in [2.05, 4.69) is 9.97 Å². The molecule has 0 saturated carbocycles. The highest BCUT2D eigenvalue weighted by atomic mass is 32.1. The van der Waals surface area contributed by atoms with Crippen LogP contribution in [-0.4, -0.2) is 27.8 Å². The number of oxazole rings is 1. The maximum absolute atomic E-state index is 12.3. The van der Waals surface area contributed by atoms with Crippen molar-refractivity contribution in [3.8, 4) is 10.6 Å². The first-order valence-electron chi connectivity index (χ1n) is 6.80. The molecule has 0 atom stereocenters. The summed E-state index contributed by atoms with van der Waals surface area (Å²) in [6, 6.07) is 9.99. The van der Waals surface area contributed by atoms with E-state index in [-0.39, 0.29) is 11.7 Å². The molecular formula is C16H15N3O2S. The van der Waals surface area contributed by atoms with Crippen LogP contribution in [0.3, 0.4) is 0 Å². The molecule has 1 amide bonds. The number of thiazole rings is 1. The fraction of sp³-hybridized carbons (Fsp3) is 0.188. The molecule has 0 radical (unpaired) electrons. The van der Waals surface area contributed by atoms with Crippen molar-refractivity contribution in [3.05, 3.63) is 59.3 Å². The Labute approximate surface area is 132 Å². The third kappa shape index (κ3) is 2.92. The van der Waals surface area contributed by atoms with E-state index >= 15 is 0 Å². The molecule has 5 nitrogen and oxygen atoms in total. The van der Waals surface area contributed by atoms with Gasteiger partial charge in [-0.05, 0) is 6.92 Å². The lowest BCUT2D eigenvalue weighted by Gasteiger charge is -2.14. The summed E-state index contributed by atoms with van der Waals surface area (Å²) in [4.78, 5) is 22.4. The van der Waals surface area contributed by atoms with Gasteiger partial charge in [0, 0.05) is 18.0 Å². The van der Waals surface area contributed by atoms with Gasteiger partial charge in [-0.1, -0.05) is 30.3 Å². The highest BCUT2D eigenvalue weighted by molar-refractivity contribution is 7.13. The van der Waals surface area contributed by atoms with Crippen LogP contribution in [-0.2, 0) is 6.54 Å². The van der Waals surface area contributed by atoms with Crippen LogP contribution in [0, 0.1) is 6.92 Å². The van der Waals surface area contributed by atoms with Crippen molar-refractivity contribution in [2.45, 2.75) is 13.5 Å². The molecule has 0 aliphatic carbocycles. The smallest absolute Gasteiger partial charge is 0.291 e. The van der Waals surface area contributed by atoms with Crippen molar-refractivity contribution < 1.29 is 9.21 Å². The first-order valence-corrected chi connectivity index (χ1v) is 7.68. The third-order valence-corrected chi connectivity index (χ3v) is 4.20. The van der Waals surface area contributed by atoms with Gasteiger partial charge in [-0.2, -0.15) is 0 Å². The van der Waals surface area contributed by atoms with E-state index in [1.54, 1.807) is 30.2 Å². The van der Waals surface area contributed by atoms with Gasteiger partial charge in [-0.15, -0.1) is 11.3 Å². The van der Waals surface area contributed by atoms with Gasteiger partial charge in [-0.3, -0.25) is 4.79 Å². The highest BCUT2D eigenvalue weighted by Gasteiger charge is 2.19. The molecule has 3 rings (SSSR count).